The van der Waals surface area contributed by atoms with Crippen molar-refractivity contribution < 1.29 is 19.6 Å². The maximum atomic E-state index is 11.8. The highest BCUT2D eigenvalue weighted by atomic mass is 16.3. The fourth-order valence-corrected chi connectivity index (χ4v) is 2.30. The largest absolute Gasteiger partial charge is 0.396 e. The molecule has 0 aliphatic carbocycles. The number of quaternary nitrogens is 1. The average molecular weight is 337 g/mol. The number of amides is 2. The molecule has 0 unspecified atom stereocenters. The number of hydrogen-bond acceptors (Lipinski definition) is 4. The lowest BCUT2D eigenvalue weighted by molar-refractivity contribution is -0.890. The molecule has 4 N–H and O–H groups in total. The normalized spacial score (nSPS) is 11.9. The second-order valence-corrected chi connectivity index (χ2v) is 6.16. The lowest BCUT2D eigenvalue weighted by Gasteiger charge is -2.23. The monoisotopic (exact) mass is 337 g/mol. The minimum absolute atomic E-state index is 0.0170. The number of aliphatic hydroxyl groups excluding tert-OH is 1. The summed E-state index contributed by atoms with van der Waals surface area (Å²) in [6.45, 7) is 0.643. The molecule has 7 heteroatoms. The van der Waals surface area contributed by atoms with Gasteiger partial charge in [0.15, 0.2) is 0 Å². The van der Waals surface area contributed by atoms with E-state index in [0.717, 1.165) is 16.2 Å². The van der Waals surface area contributed by atoms with Crippen LogP contribution in [0, 0.1) is 0 Å². The molecule has 7 nitrogen and oxygen atoms in total. The van der Waals surface area contributed by atoms with E-state index in [1.54, 1.807) is 0 Å². The minimum atomic E-state index is -0.668. The Hall–Kier alpha value is -2.12. The molecule has 1 aromatic rings. The van der Waals surface area contributed by atoms with Crippen molar-refractivity contribution in [3.63, 3.8) is 0 Å². The Morgan fingerprint density at radius 1 is 1.12 bits per heavy atom. The average Bonchev–Trinajstić information content (AvgIpc) is 2.55. The summed E-state index contributed by atoms with van der Waals surface area (Å²) in [5.74, 6) is -1.32. The molecular weight excluding hydrogens is 308 g/mol. The number of anilines is 1. The second kappa shape index (κ2) is 9.89. The van der Waals surface area contributed by atoms with Crippen LogP contribution in [-0.4, -0.2) is 64.8 Å². The van der Waals surface area contributed by atoms with Crippen LogP contribution in [0.1, 0.15) is 18.0 Å². The molecule has 1 aromatic carbocycles. The van der Waals surface area contributed by atoms with E-state index in [9.17, 15) is 9.59 Å². The van der Waals surface area contributed by atoms with Crippen molar-refractivity contribution in [2.24, 2.45) is 0 Å². The van der Waals surface area contributed by atoms with Crippen molar-refractivity contribution in [3.05, 3.63) is 29.8 Å². The maximum Gasteiger partial charge on any atom is 0.309 e. The number of carbonyl (C=O) groups excluding carboxylic acids is 2. The van der Waals surface area contributed by atoms with Gasteiger partial charge in [0.25, 0.3) is 0 Å². The zero-order valence-corrected chi connectivity index (χ0v) is 14.9. The van der Waals surface area contributed by atoms with Gasteiger partial charge in [-0.15, -0.1) is 0 Å². The van der Waals surface area contributed by atoms with Crippen molar-refractivity contribution in [2.75, 3.05) is 52.8 Å². The Morgan fingerprint density at radius 2 is 1.71 bits per heavy atom. The predicted octanol–water partition coefficient (Wildman–Crippen LogP) is -1.45. The zero-order valence-electron chi connectivity index (χ0n) is 14.9. The Bertz CT molecular complexity index is 529. The van der Waals surface area contributed by atoms with E-state index < -0.39 is 11.8 Å². The third kappa shape index (κ3) is 6.17. The van der Waals surface area contributed by atoms with Crippen LogP contribution in [0.5, 0.6) is 0 Å². The summed E-state index contributed by atoms with van der Waals surface area (Å²) in [5.41, 5.74) is 2.21. The number of carbonyl (C=O) groups is 2. The molecule has 24 heavy (non-hydrogen) atoms. The first kappa shape index (κ1) is 19.9. The summed E-state index contributed by atoms with van der Waals surface area (Å²) in [7, 11) is 7.99. The van der Waals surface area contributed by atoms with Gasteiger partial charge in [0.1, 0.15) is 6.04 Å². The van der Waals surface area contributed by atoms with Crippen molar-refractivity contribution in [1.29, 1.82) is 0 Å². The van der Waals surface area contributed by atoms with E-state index in [2.05, 4.69) is 10.6 Å². The summed E-state index contributed by atoms with van der Waals surface area (Å²) in [6, 6.07) is 8.21. The molecule has 0 aromatic heterocycles. The summed E-state index contributed by atoms with van der Waals surface area (Å²) in [5, 5.41) is 13.8. The van der Waals surface area contributed by atoms with E-state index in [-0.39, 0.29) is 19.2 Å². The molecule has 0 fully saturated rings. The predicted molar refractivity (Wildman–Crippen MR) is 94.0 cm³/mol. The van der Waals surface area contributed by atoms with Crippen LogP contribution in [0.4, 0.5) is 5.69 Å². The molecule has 0 radical (unpaired) electrons. The summed E-state index contributed by atoms with van der Waals surface area (Å²) >= 11 is 0. The van der Waals surface area contributed by atoms with Crippen LogP contribution < -0.4 is 20.4 Å². The van der Waals surface area contributed by atoms with Gasteiger partial charge < -0.3 is 25.5 Å². The molecule has 0 aliphatic heterocycles. The summed E-state index contributed by atoms with van der Waals surface area (Å²) in [4.78, 5) is 26.7. The molecule has 0 spiro atoms. The van der Waals surface area contributed by atoms with Gasteiger partial charge in [-0.3, -0.25) is 9.59 Å². The number of benzene rings is 1. The van der Waals surface area contributed by atoms with E-state index in [0.29, 0.717) is 13.0 Å². The number of nitrogens with zero attached hydrogens (tertiary/aromatic N) is 1. The lowest BCUT2D eigenvalue weighted by atomic mass is 10.1. The maximum absolute atomic E-state index is 11.8. The van der Waals surface area contributed by atoms with E-state index in [1.165, 1.54) is 0 Å². The van der Waals surface area contributed by atoms with Gasteiger partial charge in [0.05, 0.1) is 20.6 Å². The molecule has 2 amide bonds. The van der Waals surface area contributed by atoms with E-state index >= 15 is 0 Å². The molecule has 0 heterocycles. The highest BCUT2D eigenvalue weighted by Crippen LogP contribution is 2.15. The first-order valence-corrected chi connectivity index (χ1v) is 8.11. The zero-order chi connectivity index (χ0) is 18.1. The molecule has 134 valence electrons. The SMILES string of the molecule is CN(C)c1ccc([C@@H](CNC(=O)C(=O)NCCCO)[NH+](C)C)cc1. The molecule has 0 saturated carbocycles. The highest BCUT2D eigenvalue weighted by molar-refractivity contribution is 6.35. The van der Waals surface area contributed by atoms with Crippen LogP contribution in [0.2, 0.25) is 0 Å². The van der Waals surface area contributed by atoms with Gasteiger partial charge in [-0.2, -0.15) is 0 Å². The molecule has 0 aliphatic rings. The van der Waals surface area contributed by atoms with Gasteiger partial charge >= 0.3 is 11.8 Å². The van der Waals surface area contributed by atoms with Gasteiger partial charge in [0.2, 0.25) is 0 Å². The van der Waals surface area contributed by atoms with E-state index in [4.69, 9.17) is 5.11 Å². The Kier molecular flexibility index (Phi) is 8.21. The lowest BCUT2D eigenvalue weighted by Crippen LogP contribution is -3.07. The first-order chi connectivity index (χ1) is 11.4. The van der Waals surface area contributed by atoms with Gasteiger partial charge in [0, 0.05) is 38.5 Å². The molecular formula is C17H29N4O3+. The number of hydrogen-bond donors (Lipinski definition) is 4. The van der Waals surface area contributed by atoms with Crippen molar-refractivity contribution in [3.8, 4) is 0 Å². The third-order valence-electron chi connectivity index (χ3n) is 3.80. The van der Waals surface area contributed by atoms with Crippen LogP contribution in [0.25, 0.3) is 0 Å². The Morgan fingerprint density at radius 3 is 2.21 bits per heavy atom. The molecule has 0 bridgehead atoms. The Labute approximate surface area is 143 Å². The van der Waals surface area contributed by atoms with Crippen LogP contribution in [0.15, 0.2) is 24.3 Å². The fourth-order valence-electron chi connectivity index (χ4n) is 2.30. The van der Waals surface area contributed by atoms with Gasteiger partial charge in [-0.05, 0) is 18.6 Å². The number of likely N-dealkylation sites (N-methyl/N-ethyl adjacent to an activating group) is 1. The standard InChI is InChI=1S/C17H28N4O3/c1-20(2)14-8-6-13(7-9-14)15(21(3)4)12-19-17(24)16(23)18-10-5-11-22/h6-9,15,22H,5,10-12H2,1-4H3,(H,18,23)(H,19,24)/p+1/t15-/m1/s1. The summed E-state index contributed by atoms with van der Waals surface area (Å²) < 4.78 is 0. The number of nitrogens with one attached hydrogen (secondary N) is 3. The third-order valence-corrected chi connectivity index (χ3v) is 3.80. The number of aliphatic hydroxyl groups is 1. The van der Waals surface area contributed by atoms with Crippen LogP contribution in [0.3, 0.4) is 0 Å². The van der Waals surface area contributed by atoms with Gasteiger partial charge in [-0.1, -0.05) is 12.1 Å². The van der Waals surface area contributed by atoms with Crippen molar-refractivity contribution in [2.45, 2.75) is 12.5 Å². The first-order valence-electron chi connectivity index (χ1n) is 8.11. The van der Waals surface area contributed by atoms with Crippen LogP contribution in [-0.2, 0) is 9.59 Å². The molecule has 1 rings (SSSR count). The highest BCUT2D eigenvalue weighted by Gasteiger charge is 2.21. The molecule has 1 atom stereocenters. The van der Waals surface area contributed by atoms with E-state index in [1.807, 2.05) is 57.4 Å². The summed E-state index contributed by atoms with van der Waals surface area (Å²) in [6.07, 6.45) is 0.432. The topological polar surface area (TPSA) is 86.1 Å². The minimum Gasteiger partial charge on any atom is -0.396 e. The van der Waals surface area contributed by atoms with Crippen LogP contribution >= 0.6 is 0 Å². The second-order valence-electron chi connectivity index (χ2n) is 6.16. The smallest absolute Gasteiger partial charge is 0.309 e. The number of rotatable bonds is 8. The van der Waals surface area contributed by atoms with Crippen molar-refractivity contribution >= 4 is 17.5 Å². The van der Waals surface area contributed by atoms with Gasteiger partial charge in [-0.25, -0.2) is 0 Å². The Balaban J connectivity index is 2.63. The fraction of sp³-hybridized carbons (Fsp3) is 0.529. The quantitative estimate of drug-likeness (QED) is 0.345. The van der Waals surface area contributed by atoms with Crippen molar-refractivity contribution in [1.82, 2.24) is 10.6 Å². The molecule has 0 saturated heterocycles.